The molecule has 6 heteroatoms. The molecule has 1 saturated heterocycles. The first-order valence-electron chi connectivity index (χ1n) is 9.07. The van der Waals surface area contributed by atoms with Gasteiger partial charge in [0, 0.05) is 43.4 Å². The van der Waals surface area contributed by atoms with Crippen LogP contribution in [-0.2, 0) is 11.3 Å². The normalized spacial score (nSPS) is 16.5. The van der Waals surface area contributed by atoms with Crippen molar-refractivity contribution in [2.75, 3.05) is 31.5 Å². The lowest BCUT2D eigenvalue weighted by atomic mass is 10.1. The van der Waals surface area contributed by atoms with Crippen molar-refractivity contribution in [3.63, 3.8) is 0 Å². The van der Waals surface area contributed by atoms with Crippen LogP contribution >= 0.6 is 11.6 Å². The van der Waals surface area contributed by atoms with E-state index >= 15 is 0 Å². The van der Waals surface area contributed by atoms with Gasteiger partial charge in [0.05, 0.1) is 17.7 Å². The Balaban J connectivity index is 1.50. The van der Waals surface area contributed by atoms with Gasteiger partial charge in [0.25, 0.3) is 0 Å². The zero-order valence-electron chi connectivity index (χ0n) is 15.4. The van der Waals surface area contributed by atoms with Gasteiger partial charge in [-0.15, -0.1) is 0 Å². The molecule has 1 atom stereocenters. The van der Waals surface area contributed by atoms with E-state index < -0.39 is 0 Å². The molecular weight excluding hydrogens is 360 g/mol. The molecule has 1 fully saturated rings. The topological polar surface area (TPSA) is 59.4 Å². The minimum atomic E-state index is -0.214. The summed E-state index contributed by atoms with van der Waals surface area (Å²) < 4.78 is 0. The van der Waals surface area contributed by atoms with Gasteiger partial charge in [0.2, 0.25) is 5.91 Å². The van der Waals surface area contributed by atoms with Gasteiger partial charge in [-0.2, -0.15) is 5.26 Å². The fourth-order valence-corrected chi connectivity index (χ4v) is 3.36. The Morgan fingerprint density at radius 2 is 1.89 bits per heavy atom. The lowest BCUT2D eigenvalue weighted by molar-refractivity contribution is -0.121. The van der Waals surface area contributed by atoms with Crippen LogP contribution in [0.2, 0.25) is 5.02 Å². The van der Waals surface area contributed by atoms with Crippen molar-refractivity contribution in [2.45, 2.75) is 19.5 Å². The van der Waals surface area contributed by atoms with Crippen molar-refractivity contribution < 1.29 is 4.79 Å². The molecule has 1 amide bonds. The largest absolute Gasteiger partial charge is 0.325 e. The SMILES string of the molecule is C[C@H](C(=O)Nc1cccc(C#N)c1)N1CCN(Cc2ccc(Cl)cc2)CC1. The average Bonchev–Trinajstić information content (AvgIpc) is 2.70. The second-order valence-corrected chi connectivity index (χ2v) is 7.23. The van der Waals surface area contributed by atoms with Crippen LogP contribution in [0, 0.1) is 11.3 Å². The monoisotopic (exact) mass is 382 g/mol. The van der Waals surface area contributed by atoms with Gasteiger partial charge in [-0.05, 0) is 42.8 Å². The van der Waals surface area contributed by atoms with Crippen LogP contribution in [-0.4, -0.2) is 47.9 Å². The second-order valence-electron chi connectivity index (χ2n) is 6.80. The molecule has 3 rings (SSSR count). The predicted molar refractivity (Wildman–Crippen MR) is 108 cm³/mol. The quantitative estimate of drug-likeness (QED) is 0.861. The van der Waals surface area contributed by atoms with E-state index in [1.54, 1.807) is 24.3 Å². The fourth-order valence-electron chi connectivity index (χ4n) is 3.24. The number of nitrogens with zero attached hydrogens (tertiary/aromatic N) is 3. The molecule has 140 valence electrons. The first-order valence-corrected chi connectivity index (χ1v) is 9.45. The Morgan fingerprint density at radius 3 is 2.56 bits per heavy atom. The minimum Gasteiger partial charge on any atom is -0.325 e. The number of amides is 1. The van der Waals surface area contributed by atoms with Crippen molar-refractivity contribution in [2.24, 2.45) is 0 Å². The molecular formula is C21H23ClN4O. The molecule has 0 saturated carbocycles. The first kappa shape index (κ1) is 19.4. The van der Waals surface area contributed by atoms with Crippen LogP contribution in [0.3, 0.4) is 0 Å². The highest BCUT2D eigenvalue weighted by molar-refractivity contribution is 6.30. The van der Waals surface area contributed by atoms with E-state index in [-0.39, 0.29) is 11.9 Å². The van der Waals surface area contributed by atoms with Gasteiger partial charge in [-0.3, -0.25) is 14.6 Å². The molecule has 2 aromatic carbocycles. The molecule has 1 N–H and O–H groups in total. The summed E-state index contributed by atoms with van der Waals surface area (Å²) in [7, 11) is 0. The Morgan fingerprint density at radius 1 is 1.19 bits per heavy atom. The molecule has 0 aromatic heterocycles. The maximum Gasteiger partial charge on any atom is 0.241 e. The van der Waals surface area contributed by atoms with E-state index in [0.29, 0.717) is 11.3 Å². The van der Waals surface area contributed by atoms with Crippen molar-refractivity contribution >= 4 is 23.2 Å². The summed E-state index contributed by atoms with van der Waals surface area (Å²) in [6.07, 6.45) is 0. The minimum absolute atomic E-state index is 0.0451. The molecule has 0 unspecified atom stereocenters. The number of carbonyl (C=O) groups excluding carboxylic acids is 1. The summed E-state index contributed by atoms with van der Waals surface area (Å²) in [4.78, 5) is 17.1. The molecule has 0 bridgehead atoms. The standard InChI is InChI=1S/C21H23ClN4O/c1-16(21(27)24-20-4-2-3-18(13-20)14-23)26-11-9-25(10-12-26)15-17-5-7-19(22)8-6-17/h2-8,13,16H,9-12,15H2,1H3,(H,24,27)/t16-/m1/s1. The second kappa shape index (κ2) is 9.01. The number of piperazine rings is 1. The van der Waals surface area contributed by atoms with Crippen LogP contribution < -0.4 is 5.32 Å². The summed E-state index contributed by atoms with van der Waals surface area (Å²) >= 11 is 5.94. The number of halogens is 1. The maximum atomic E-state index is 12.6. The molecule has 27 heavy (non-hydrogen) atoms. The number of carbonyl (C=O) groups is 1. The van der Waals surface area contributed by atoms with Crippen LogP contribution in [0.1, 0.15) is 18.1 Å². The lowest BCUT2D eigenvalue weighted by Crippen LogP contribution is -2.52. The molecule has 1 aliphatic rings. The smallest absolute Gasteiger partial charge is 0.241 e. The predicted octanol–water partition coefficient (Wildman–Crippen LogP) is 3.36. The summed E-state index contributed by atoms with van der Waals surface area (Å²) in [6, 6.07) is 16.8. The molecule has 5 nitrogen and oxygen atoms in total. The summed E-state index contributed by atoms with van der Waals surface area (Å²) in [5.41, 5.74) is 2.44. The Bertz CT molecular complexity index is 823. The number of hydrogen-bond donors (Lipinski definition) is 1. The van der Waals surface area contributed by atoms with Crippen LogP contribution in [0.25, 0.3) is 0 Å². The summed E-state index contributed by atoms with van der Waals surface area (Å²) in [5.74, 6) is -0.0451. The molecule has 0 radical (unpaired) electrons. The van der Waals surface area contributed by atoms with Gasteiger partial charge in [0.1, 0.15) is 0 Å². The number of rotatable bonds is 5. The zero-order chi connectivity index (χ0) is 19.2. The maximum absolute atomic E-state index is 12.6. The average molecular weight is 383 g/mol. The van der Waals surface area contributed by atoms with Crippen molar-refractivity contribution in [3.8, 4) is 6.07 Å². The summed E-state index contributed by atoms with van der Waals surface area (Å²) in [5, 5.41) is 12.6. The van der Waals surface area contributed by atoms with Crippen molar-refractivity contribution in [1.29, 1.82) is 5.26 Å². The van der Waals surface area contributed by atoms with Gasteiger partial charge in [-0.1, -0.05) is 29.8 Å². The zero-order valence-corrected chi connectivity index (χ0v) is 16.1. The van der Waals surface area contributed by atoms with Crippen LogP contribution in [0.15, 0.2) is 48.5 Å². The molecule has 2 aromatic rings. The number of nitriles is 1. The van der Waals surface area contributed by atoms with E-state index in [9.17, 15) is 4.79 Å². The van der Waals surface area contributed by atoms with E-state index in [4.69, 9.17) is 16.9 Å². The highest BCUT2D eigenvalue weighted by Crippen LogP contribution is 2.15. The molecule has 1 heterocycles. The Kier molecular flexibility index (Phi) is 6.46. The van der Waals surface area contributed by atoms with E-state index in [0.717, 1.165) is 37.7 Å². The van der Waals surface area contributed by atoms with Crippen molar-refractivity contribution in [1.82, 2.24) is 9.80 Å². The van der Waals surface area contributed by atoms with Crippen molar-refractivity contribution in [3.05, 3.63) is 64.7 Å². The fraction of sp³-hybridized carbons (Fsp3) is 0.333. The molecule has 1 aliphatic heterocycles. The highest BCUT2D eigenvalue weighted by Gasteiger charge is 2.25. The molecule has 0 aliphatic carbocycles. The number of anilines is 1. The third-order valence-electron chi connectivity index (χ3n) is 4.91. The summed E-state index contributed by atoms with van der Waals surface area (Å²) in [6.45, 7) is 6.36. The van der Waals surface area contributed by atoms with E-state index in [1.807, 2.05) is 19.1 Å². The number of hydrogen-bond acceptors (Lipinski definition) is 4. The highest BCUT2D eigenvalue weighted by atomic mass is 35.5. The Hall–Kier alpha value is -2.39. The third kappa shape index (κ3) is 5.30. The van der Waals surface area contributed by atoms with Gasteiger partial charge in [0.15, 0.2) is 0 Å². The Labute approximate surface area is 165 Å². The van der Waals surface area contributed by atoms with E-state index in [1.165, 1.54) is 5.56 Å². The third-order valence-corrected chi connectivity index (χ3v) is 5.16. The first-order chi connectivity index (χ1) is 13.0. The number of benzene rings is 2. The van der Waals surface area contributed by atoms with Gasteiger partial charge >= 0.3 is 0 Å². The molecule has 0 spiro atoms. The van der Waals surface area contributed by atoms with E-state index in [2.05, 4.69) is 33.3 Å². The van der Waals surface area contributed by atoms with Gasteiger partial charge in [-0.25, -0.2) is 0 Å². The van der Waals surface area contributed by atoms with Crippen LogP contribution in [0.4, 0.5) is 5.69 Å². The van der Waals surface area contributed by atoms with Gasteiger partial charge < -0.3 is 5.32 Å². The lowest BCUT2D eigenvalue weighted by Gasteiger charge is -2.37. The van der Waals surface area contributed by atoms with Crippen LogP contribution in [0.5, 0.6) is 0 Å². The number of nitrogens with one attached hydrogen (secondary N) is 1.